The zero-order chi connectivity index (χ0) is 12.0. The molecule has 0 aliphatic heterocycles. The first-order chi connectivity index (χ1) is 7.37. The Hall–Kier alpha value is -1.59. The maximum Gasteiger partial charge on any atom is 0.376 e. The van der Waals surface area contributed by atoms with E-state index in [4.69, 9.17) is 0 Å². The standard InChI is InChI=1S/C10H5F5O/c11-7-8(10(14,15)9(7,12)13)16-6-4-2-1-3-5-6/h1-5H. The van der Waals surface area contributed by atoms with Crippen LogP contribution < -0.4 is 4.74 Å². The lowest BCUT2D eigenvalue weighted by Gasteiger charge is -2.35. The lowest BCUT2D eigenvalue weighted by Crippen LogP contribution is -2.54. The smallest absolute Gasteiger partial charge is 0.376 e. The Morgan fingerprint density at radius 3 is 1.94 bits per heavy atom. The number of hydrogen-bond acceptors (Lipinski definition) is 1. The highest BCUT2D eigenvalue weighted by Crippen LogP contribution is 2.56. The second-order valence-electron chi connectivity index (χ2n) is 3.21. The first kappa shape index (κ1) is 10.9. The largest absolute Gasteiger partial charge is 0.452 e. The molecule has 0 radical (unpaired) electrons. The molecule has 0 spiro atoms. The normalized spacial score (nSPS) is 21.6. The van der Waals surface area contributed by atoms with Crippen molar-refractivity contribution in [3.05, 3.63) is 41.9 Å². The SMILES string of the molecule is FC1=C(Oc2ccccc2)C(F)(F)C1(F)F. The van der Waals surface area contributed by atoms with E-state index in [1.165, 1.54) is 24.3 Å². The third kappa shape index (κ3) is 1.29. The molecular weight excluding hydrogens is 231 g/mol. The van der Waals surface area contributed by atoms with E-state index in [0.29, 0.717) is 0 Å². The van der Waals surface area contributed by atoms with Gasteiger partial charge in [-0.1, -0.05) is 18.2 Å². The molecule has 0 unspecified atom stereocenters. The van der Waals surface area contributed by atoms with Crippen molar-refractivity contribution < 1.29 is 26.7 Å². The Morgan fingerprint density at radius 2 is 1.44 bits per heavy atom. The van der Waals surface area contributed by atoms with Crippen LogP contribution in [-0.4, -0.2) is 11.8 Å². The first-order valence-electron chi connectivity index (χ1n) is 4.26. The van der Waals surface area contributed by atoms with Gasteiger partial charge in [-0.2, -0.15) is 17.6 Å². The van der Waals surface area contributed by atoms with Crippen LogP contribution in [0.2, 0.25) is 0 Å². The van der Waals surface area contributed by atoms with Gasteiger partial charge in [0, 0.05) is 0 Å². The number of allylic oxidation sites excluding steroid dienone is 2. The van der Waals surface area contributed by atoms with E-state index >= 15 is 0 Å². The zero-order valence-corrected chi connectivity index (χ0v) is 7.68. The minimum atomic E-state index is -4.77. The van der Waals surface area contributed by atoms with Gasteiger partial charge < -0.3 is 4.74 Å². The molecule has 0 atom stereocenters. The fourth-order valence-corrected chi connectivity index (χ4v) is 1.21. The number of halogens is 5. The summed E-state index contributed by atoms with van der Waals surface area (Å²) in [7, 11) is 0. The van der Waals surface area contributed by atoms with E-state index < -0.39 is 23.4 Å². The number of ether oxygens (including phenoxy) is 1. The van der Waals surface area contributed by atoms with E-state index in [2.05, 4.69) is 4.74 Å². The Labute approximate surface area is 87.1 Å². The average molecular weight is 236 g/mol. The van der Waals surface area contributed by atoms with Gasteiger partial charge in [0.05, 0.1) is 0 Å². The molecule has 1 aromatic rings. The third-order valence-electron chi connectivity index (χ3n) is 2.12. The molecular formula is C10H5F5O. The highest BCUT2D eigenvalue weighted by Gasteiger charge is 2.75. The topological polar surface area (TPSA) is 9.23 Å². The summed E-state index contributed by atoms with van der Waals surface area (Å²) in [5.41, 5.74) is 0. The van der Waals surface area contributed by atoms with Crippen molar-refractivity contribution in [1.29, 1.82) is 0 Å². The Morgan fingerprint density at radius 1 is 0.875 bits per heavy atom. The van der Waals surface area contributed by atoms with Gasteiger partial charge in [-0.3, -0.25) is 0 Å². The molecule has 0 heterocycles. The molecule has 0 N–H and O–H groups in total. The highest BCUT2D eigenvalue weighted by molar-refractivity contribution is 5.38. The molecule has 1 nitrogen and oxygen atoms in total. The predicted molar refractivity (Wildman–Crippen MR) is 45.1 cm³/mol. The Balaban J connectivity index is 2.29. The summed E-state index contributed by atoms with van der Waals surface area (Å²) in [5.74, 6) is -13.3. The average Bonchev–Trinajstić information content (AvgIpc) is 2.26. The van der Waals surface area contributed by atoms with Crippen molar-refractivity contribution in [2.24, 2.45) is 0 Å². The summed E-state index contributed by atoms with van der Waals surface area (Å²) >= 11 is 0. The summed E-state index contributed by atoms with van der Waals surface area (Å²) in [6, 6.07) is 6.98. The van der Waals surface area contributed by atoms with Crippen molar-refractivity contribution >= 4 is 0 Å². The predicted octanol–water partition coefficient (Wildman–Crippen LogP) is 3.53. The minimum Gasteiger partial charge on any atom is -0.452 e. The highest BCUT2D eigenvalue weighted by atomic mass is 19.3. The second kappa shape index (κ2) is 3.20. The Bertz CT molecular complexity index is 438. The molecule has 0 saturated carbocycles. The minimum absolute atomic E-state index is 0.122. The van der Waals surface area contributed by atoms with E-state index in [1.54, 1.807) is 6.07 Å². The molecule has 1 aliphatic rings. The van der Waals surface area contributed by atoms with E-state index in [0.717, 1.165) is 0 Å². The first-order valence-corrected chi connectivity index (χ1v) is 4.26. The van der Waals surface area contributed by atoms with Crippen LogP contribution >= 0.6 is 0 Å². The summed E-state index contributed by atoms with van der Waals surface area (Å²) in [6.07, 6.45) is 0. The molecule has 1 aromatic carbocycles. The molecule has 86 valence electrons. The van der Waals surface area contributed by atoms with Crippen LogP contribution in [0.4, 0.5) is 22.0 Å². The number of para-hydroxylation sites is 1. The van der Waals surface area contributed by atoms with E-state index in [1.807, 2.05) is 0 Å². The van der Waals surface area contributed by atoms with Gasteiger partial charge >= 0.3 is 11.8 Å². The van der Waals surface area contributed by atoms with Crippen LogP contribution in [0, 0.1) is 0 Å². The molecule has 16 heavy (non-hydrogen) atoms. The van der Waals surface area contributed by atoms with E-state index in [-0.39, 0.29) is 5.75 Å². The summed E-state index contributed by atoms with van der Waals surface area (Å²) in [5, 5.41) is 0. The van der Waals surface area contributed by atoms with Crippen LogP contribution in [0.3, 0.4) is 0 Å². The Kier molecular flexibility index (Phi) is 2.18. The van der Waals surface area contributed by atoms with Gasteiger partial charge in [-0.15, -0.1) is 0 Å². The number of hydrogen-bond donors (Lipinski definition) is 0. The molecule has 0 fully saturated rings. The summed E-state index contributed by atoms with van der Waals surface area (Å²) in [6.45, 7) is 0. The quantitative estimate of drug-likeness (QED) is 0.713. The van der Waals surface area contributed by atoms with Crippen LogP contribution in [0.25, 0.3) is 0 Å². The monoisotopic (exact) mass is 236 g/mol. The molecule has 2 rings (SSSR count). The van der Waals surface area contributed by atoms with Crippen LogP contribution in [0.1, 0.15) is 0 Å². The van der Waals surface area contributed by atoms with Gasteiger partial charge in [-0.05, 0) is 12.1 Å². The molecule has 0 bridgehead atoms. The molecule has 0 amide bonds. The van der Waals surface area contributed by atoms with Gasteiger partial charge in [0.1, 0.15) is 5.75 Å². The van der Waals surface area contributed by atoms with Crippen LogP contribution in [0.5, 0.6) is 5.75 Å². The number of alkyl halides is 4. The molecule has 1 aliphatic carbocycles. The molecule has 6 heteroatoms. The number of benzene rings is 1. The maximum atomic E-state index is 12.7. The number of rotatable bonds is 2. The van der Waals surface area contributed by atoms with Gasteiger partial charge in [-0.25, -0.2) is 4.39 Å². The van der Waals surface area contributed by atoms with E-state index in [9.17, 15) is 22.0 Å². The summed E-state index contributed by atoms with van der Waals surface area (Å²) in [4.78, 5) is 0. The fourth-order valence-electron chi connectivity index (χ4n) is 1.21. The van der Waals surface area contributed by atoms with Crippen LogP contribution in [-0.2, 0) is 0 Å². The van der Waals surface area contributed by atoms with Gasteiger partial charge in [0.25, 0.3) is 0 Å². The van der Waals surface area contributed by atoms with Gasteiger partial charge in [0.2, 0.25) is 11.6 Å². The second-order valence-corrected chi connectivity index (χ2v) is 3.21. The fraction of sp³-hybridized carbons (Fsp3) is 0.200. The molecule has 0 saturated heterocycles. The van der Waals surface area contributed by atoms with Gasteiger partial charge in [0.15, 0.2) is 0 Å². The van der Waals surface area contributed by atoms with Crippen molar-refractivity contribution in [3.8, 4) is 5.75 Å². The lowest BCUT2D eigenvalue weighted by atomic mass is 9.96. The summed E-state index contributed by atoms with van der Waals surface area (Å²) < 4.78 is 67.3. The molecule has 0 aromatic heterocycles. The van der Waals surface area contributed by atoms with Crippen molar-refractivity contribution in [2.75, 3.05) is 0 Å². The van der Waals surface area contributed by atoms with Crippen molar-refractivity contribution in [1.82, 2.24) is 0 Å². The lowest BCUT2D eigenvalue weighted by molar-refractivity contribution is -0.222. The maximum absolute atomic E-state index is 12.7. The van der Waals surface area contributed by atoms with Crippen molar-refractivity contribution in [3.63, 3.8) is 0 Å². The third-order valence-corrected chi connectivity index (χ3v) is 2.12. The van der Waals surface area contributed by atoms with Crippen molar-refractivity contribution in [2.45, 2.75) is 11.8 Å². The zero-order valence-electron chi connectivity index (χ0n) is 7.68. The van der Waals surface area contributed by atoms with Crippen LogP contribution in [0.15, 0.2) is 41.9 Å².